The zero-order valence-electron chi connectivity index (χ0n) is 36.1. The number of allylic oxidation sites excluding steroid dienone is 6. The molecular weight excluding hydrogens is 796 g/mol. The third-order valence-corrected chi connectivity index (χ3v) is 10.5. The molecule has 0 unspecified atom stereocenters. The first-order valence-corrected chi connectivity index (χ1v) is 20.2. The van der Waals surface area contributed by atoms with E-state index in [2.05, 4.69) is 62.5 Å². The third kappa shape index (κ3) is 16.3. The summed E-state index contributed by atoms with van der Waals surface area (Å²) >= 11 is 0. The molecule has 4 rings (SSSR count). The van der Waals surface area contributed by atoms with Gasteiger partial charge in [0.25, 0.3) is 0 Å². The molecule has 10 nitrogen and oxygen atoms in total. The molecule has 0 bridgehead atoms. The molecule has 4 aromatic heterocycles. The molecule has 0 aliphatic rings. The minimum atomic E-state index is -0.981. The molecule has 0 saturated heterocycles. The van der Waals surface area contributed by atoms with Crippen molar-refractivity contribution in [3.05, 3.63) is 133 Å². The van der Waals surface area contributed by atoms with E-state index in [0.29, 0.717) is 41.1 Å². The summed E-state index contributed by atoms with van der Waals surface area (Å²) in [6.45, 7) is 19.9. The van der Waals surface area contributed by atoms with Crippen LogP contribution in [0.4, 0.5) is 0 Å². The van der Waals surface area contributed by atoms with Crippen LogP contribution < -0.4 is 19.9 Å². The quantitative estimate of drug-likeness (QED) is 0.0393. The molecule has 326 valence electrons. The number of aliphatic hydroxyl groups excluding tert-OH is 1. The zero-order chi connectivity index (χ0) is 42.9. The second kappa shape index (κ2) is 26.4. The van der Waals surface area contributed by atoms with Gasteiger partial charge < -0.3 is 35.3 Å². The first-order valence-electron chi connectivity index (χ1n) is 20.2. The van der Waals surface area contributed by atoms with Crippen molar-refractivity contribution in [3.63, 3.8) is 0 Å². The summed E-state index contributed by atoms with van der Waals surface area (Å²) < 4.78 is 0. The van der Waals surface area contributed by atoms with Crippen LogP contribution in [0.1, 0.15) is 170 Å². The molecule has 0 spiro atoms. The second-order valence-corrected chi connectivity index (χ2v) is 15.5. The number of aromatic nitrogens is 4. The third-order valence-electron chi connectivity index (χ3n) is 10.5. The van der Waals surface area contributed by atoms with E-state index in [0.717, 1.165) is 77.6 Å². The summed E-state index contributed by atoms with van der Waals surface area (Å²) in [6.07, 6.45) is 20.2. The molecule has 0 radical (unpaired) electrons. The van der Waals surface area contributed by atoms with Crippen molar-refractivity contribution in [2.24, 2.45) is 0 Å². The number of aldehydes is 1. The number of carboxylic acid groups (broad SMARTS) is 2. The first kappa shape index (κ1) is 53.2. The summed E-state index contributed by atoms with van der Waals surface area (Å²) in [4.78, 5) is 53.3. The SMILES string of the molecule is C.C=Cc1c[n-]cc1C.CC(C)=CCC/C(C)=C/CC/C(C)=C/CC[C@H](O)c1c(C)[n-]c(Cc2[n-]c(Cc3[n-]cc(C)c3CCC(=O)O)c(CCC(=O)O)c2C=O)c1C.[Fe+4]. The second-order valence-electron chi connectivity index (χ2n) is 15.5. The molecule has 60 heavy (non-hydrogen) atoms. The van der Waals surface area contributed by atoms with Gasteiger partial charge in [-0.15, -0.1) is 5.69 Å². The number of aliphatic carboxylic acids is 2. The maximum absolute atomic E-state index is 12.5. The summed E-state index contributed by atoms with van der Waals surface area (Å²) in [5.74, 6) is -1.88. The Bertz CT molecular complexity index is 2100. The molecular formula is C49H66FeN4O6. The zero-order valence-corrected chi connectivity index (χ0v) is 37.2. The predicted molar refractivity (Wildman–Crippen MR) is 237 cm³/mol. The Morgan fingerprint density at radius 3 is 1.85 bits per heavy atom. The van der Waals surface area contributed by atoms with E-state index < -0.39 is 18.0 Å². The van der Waals surface area contributed by atoms with Crippen molar-refractivity contribution in [1.82, 2.24) is 19.9 Å². The molecule has 0 fully saturated rings. The Balaban J connectivity index is 0.00000161. The number of aryl methyl sites for hydroxylation is 3. The standard InChI is InChI=1S/C41H55N3O6.C7H8N.CH4.Fe/c1-25(2)11-8-12-26(3)13-9-14-27(4)15-10-16-38(46)41-29(6)34(43-30(41)7)21-37-33(24-45)32(18-20-40(49)50)36(44-37)22-35-31(17-19-39(47)48)28(5)23-42-35;1-3-7-5-8-4-6(7)2;;/h11,13,15,23-24,38,46H,8-10,12,14,16-22H2,1-7H3,(H3,44,45,47,48,49,50);3-5H,1H2,2H3;1H4;/q-2;-1;;+4/p-1/b26-13+,27-15+;;;/t38-;;;/m0.../s1. The van der Waals surface area contributed by atoms with Crippen molar-refractivity contribution in [2.75, 3.05) is 0 Å². The summed E-state index contributed by atoms with van der Waals surface area (Å²) in [6, 6.07) is 0. The number of hydrogen-bond acceptors (Lipinski definition) is 4. The van der Waals surface area contributed by atoms with Crippen LogP contribution in [0.15, 0.2) is 60.1 Å². The molecule has 4 heterocycles. The van der Waals surface area contributed by atoms with E-state index in [1.165, 1.54) is 22.3 Å². The van der Waals surface area contributed by atoms with Gasteiger partial charge in [0, 0.05) is 12.8 Å². The average Bonchev–Trinajstić information content (AvgIpc) is 3.90. The van der Waals surface area contributed by atoms with Gasteiger partial charge in [0.05, 0.1) is 6.10 Å². The molecule has 0 aromatic carbocycles. The Kier molecular flexibility index (Phi) is 23.4. The number of rotatable bonds is 22. The van der Waals surface area contributed by atoms with Crippen molar-refractivity contribution >= 4 is 24.3 Å². The molecule has 0 amide bonds. The minimum Gasteiger partial charge on any atom is -0.670 e. The van der Waals surface area contributed by atoms with Gasteiger partial charge in [-0.25, -0.2) is 0 Å². The fourth-order valence-corrected chi connectivity index (χ4v) is 7.18. The first-order chi connectivity index (χ1) is 27.6. The van der Waals surface area contributed by atoms with E-state index in [-0.39, 0.29) is 56.6 Å². The number of carbonyl (C=O) groups excluding carboxylic acids is 1. The van der Waals surface area contributed by atoms with Gasteiger partial charge in [-0.05, 0) is 129 Å². The minimum absolute atomic E-state index is 0. The number of carbonyl (C=O) groups is 3. The fraction of sp³-hybridized carbons (Fsp3) is 0.449. The number of hydrogen-bond donors (Lipinski definition) is 3. The summed E-state index contributed by atoms with van der Waals surface area (Å²) in [5, 5.41) is 29.9. The molecule has 0 aliphatic heterocycles. The van der Waals surface area contributed by atoms with Gasteiger partial charge in [-0.1, -0.05) is 89.8 Å². The van der Waals surface area contributed by atoms with E-state index in [4.69, 9.17) is 9.97 Å². The van der Waals surface area contributed by atoms with Crippen LogP contribution in [-0.4, -0.2) is 33.5 Å². The maximum atomic E-state index is 12.5. The molecule has 1 atom stereocenters. The monoisotopic (exact) mass is 862 g/mol. The van der Waals surface area contributed by atoms with Crippen LogP contribution in [0.3, 0.4) is 0 Å². The van der Waals surface area contributed by atoms with Crippen LogP contribution in [-0.2, 0) is 52.3 Å². The number of aliphatic hydroxyl groups is 1. The molecule has 0 aliphatic carbocycles. The Hall–Kier alpha value is -4.83. The van der Waals surface area contributed by atoms with Gasteiger partial charge in [-0.2, -0.15) is 41.4 Å². The molecule has 4 aromatic rings. The van der Waals surface area contributed by atoms with Crippen molar-refractivity contribution < 1.29 is 46.8 Å². The van der Waals surface area contributed by atoms with Gasteiger partial charge in [-0.3, -0.25) is 14.4 Å². The van der Waals surface area contributed by atoms with Gasteiger partial charge in [0.15, 0.2) is 0 Å². The molecule has 0 saturated carbocycles. The number of carboxylic acids is 2. The van der Waals surface area contributed by atoms with Crippen molar-refractivity contribution in [3.8, 4) is 0 Å². The molecule has 11 heteroatoms. The average molecular weight is 863 g/mol. The van der Waals surface area contributed by atoms with Crippen LogP contribution in [0.5, 0.6) is 0 Å². The fourth-order valence-electron chi connectivity index (χ4n) is 7.18. The Morgan fingerprint density at radius 2 is 1.32 bits per heavy atom. The van der Waals surface area contributed by atoms with Crippen molar-refractivity contribution in [2.45, 2.75) is 146 Å². The van der Waals surface area contributed by atoms with Gasteiger partial charge >= 0.3 is 29.0 Å². The predicted octanol–water partition coefficient (Wildman–Crippen LogP) is 9.97. The number of nitrogens with zero attached hydrogens (tertiary/aromatic N) is 4. The maximum Gasteiger partial charge on any atom is 4.00 e. The largest absolute Gasteiger partial charge is 4.00 e. The van der Waals surface area contributed by atoms with Crippen molar-refractivity contribution in [1.29, 1.82) is 0 Å². The van der Waals surface area contributed by atoms with Gasteiger partial charge in [0.1, 0.15) is 6.29 Å². The summed E-state index contributed by atoms with van der Waals surface area (Å²) in [7, 11) is 0. The molecule has 3 N–H and O–H groups in total. The van der Waals surface area contributed by atoms with Crippen LogP contribution in [0.25, 0.3) is 6.08 Å². The summed E-state index contributed by atoms with van der Waals surface area (Å²) in [5.41, 5.74) is 13.9. The van der Waals surface area contributed by atoms with Crippen LogP contribution >= 0.6 is 0 Å². The normalized spacial score (nSPS) is 11.8. The van der Waals surface area contributed by atoms with Crippen LogP contribution in [0.2, 0.25) is 0 Å². The Labute approximate surface area is 368 Å². The smallest absolute Gasteiger partial charge is 0.670 e. The van der Waals surface area contributed by atoms with E-state index in [1.54, 1.807) is 6.20 Å². The van der Waals surface area contributed by atoms with E-state index in [9.17, 15) is 29.7 Å². The Morgan fingerprint density at radius 1 is 0.733 bits per heavy atom. The van der Waals surface area contributed by atoms with E-state index >= 15 is 0 Å². The van der Waals surface area contributed by atoms with Gasteiger partial charge in [0.2, 0.25) is 0 Å². The van der Waals surface area contributed by atoms with Crippen LogP contribution in [0, 0.1) is 27.7 Å². The van der Waals surface area contributed by atoms with E-state index in [1.807, 2.05) is 46.2 Å². The topological polar surface area (TPSA) is 168 Å².